The Labute approximate surface area is 213 Å². The molecule has 2 fully saturated rings. The van der Waals surface area contributed by atoms with Crippen LogP contribution in [0.3, 0.4) is 0 Å². The molecule has 5 nitrogen and oxygen atoms in total. The molecule has 206 valence electrons. The quantitative estimate of drug-likeness (QED) is 0.171. The molecule has 0 bridgehead atoms. The molecule has 1 atom stereocenters. The smallest absolute Gasteiger partial charge is 0.389 e. The molecule has 0 amide bonds. The summed E-state index contributed by atoms with van der Waals surface area (Å²) in [5.41, 5.74) is 0.311. The predicted molar refractivity (Wildman–Crippen MR) is 132 cm³/mol. The summed E-state index contributed by atoms with van der Waals surface area (Å²) in [4.78, 5) is 23.9. The predicted octanol–water partition coefficient (Wildman–Crippen LogP) is 6.55. The zero-order valence-electron chi connectivity index (χ0n) is 21.6. The Morgan fingerprint density at radius 1 is 0.889 bits per heavy atom. The summed E-state index contributed by atoms with van der Waals surface area (Å²) >= 11 is 0. The molecule has 0 heterocycles. The van der Waals surface area contributed by atoms with E-state index < -0.39 is 31.1 Å². The first-order valence-corrected chi connectivity index (χ1v) is 13.3. The minimum atomic E-state index is -4.04. The number of carbonyl (C=O) groups is 2. The fourth-order valence-corrected chi connectivity index (χ4v) is 5.77. The number of carbonyl (C=O) groups excluding carboxylic acids is 2. The molecule has 8 heteroatoms. The molecule has 2 saturated carbocycles. The molecule has 0 aliphatic heterocycles. The Balaban J connectivity index is 1.78. The van der Waals surface area contributed by atoms with Gasteiger partial charge in [0.15, 0.2) is 0 Å². The topological polar surface area (TPSA) is 72.8 Å². The third-order valence-electron chi connectivity index (χ3n) is 8.05. The molecule has 36 heavy (non-hydrogen) atoms. The average Bonchev–Trinajstić information content (AvgIpc) is 2.85. The fourth-order valence-electron chi connectivity index (χ4n) is 5.77. The van der Waals surface area contributed by atoms with Gasteiger partial charge in [-0.1, -0.05) is 38.8 Å². The maximum Gasteiger partial charge on any atom is 0.389 e. The molecule has 1 unspecified atom stereocenters. The van der Waals surface area contributed by atoms with Crippen LogP contribution in [0.25, 0.3) is 0 Å². The van der Waals surface area contributed by atoms with Crippen molar-refractivity contribution in [2.75, 3.05) is 19.8 Å². The molecular formula is C28H43F3O5. The second kappa shape index (κ2) is 14.8. The van der Waals surface area contributed by atoms with Crippen LogP contribution in [0.5, 0.6) is 0 Å². The molecule has 0 aromatic rings. The second-order valence-corrected chi connectivity index (χ2v) is 10.8. The first-order valence-electron chi connectivity index (χ1n) is 13.3. The summed E-state index contributed by atoms with van der Waals surface area (Å²) < 4.78 is 47.7. The van der Waals surface area contributed by atoms with Crippen LogP contribution in [0, 0.1) is 29.6 Å². The van der Waals surface area contributed by atoms with Crippen molar-refractivity contribution in [3.05, 3.63) is 24.3 Å². The van der Waals surface area contributed by atoms with E-state index in [-0.39, 0.29) is 37.0 Å². The van der Waals surface area contributed by atoms with Gasteiger partial charge in [0.25, 0.3) is 0 Å². The van der Waals surface area contributed by atoms with E-state index in [0.717, 1.165) is 57.8 Å². The average molecular weight is 517 g/mol. The minimum absolute atomic E-state index is 0.00709. The summed E-state index contributed by atoms with van der Waals surface area (Å²) in [6.45, 7) is 8.48. The lowest BCUT2D eigenvalue weighted by molar-refractivity contribution is -0.146. The summed E-state index contributed by atoms with van der Waals surface area (Å²) in [5.74, 6) is 0.899. The minimum Gasteiger partial charge on any atom is -0.462 e. The Morgan fingerprint density at radius 2 is 1.42 bits per heavy atom. The maximum atomic E-state index is 12.3. The van der Waals surface area contributed by atoms with E-state index in [9.17, 15) is 22.8 Å². The van der Waals surface area contributed by atoms with E-state index in [1.54, 1.807) is 6.92 Å². The van der Waals surface area contributed by atoms with Gasteiger partial charge in [-0.2, -0.15) is 13.2 Å². The van der Waals surface area contributed by atoms with Crippen LogP contribution in [-0.4, -0.2) is 43.0 Å². The summed E-state index contributed by atoms with van der Waals surface area (Å²) in [7, 11) is 0. The molecule has 0 saturated heterocycles. The van der Waals surface area contributed by atoms with E-state index in [1.807, 2.05) is 0 Å². The lowest BCUT2D eigenvalue weighted by atomic mass is 9.67. The number of rotatable bonds is 13. The van der Waals surface area contributed by atoms with Crippen LogP contribution < -0.4 is 0 Å². The number of halogens is 3. The number of hydrogen-bond acceptors (Lipinski definition) is 5. The Kier molecular flexibility index (Phi) is 12.5. The molecular weight excluding hydrogens is 473 g/mol. The van der Waals surface area contributed by atoms with Crippen LogP contribution in [0.2, 0.25) is 0 Å². The van der Waals surface area contributed by atoms with Gasteiger partial charge < -0.3 is 14.6 Å². The third-order valence-corrected chi connectivity index (χ3v) is 8.05. The van der Waals surface area contributed by atoms with Crippen molar-refractivity contribution in [3.8, 4) is 0 Å². The highest BCUT2D eigenvalue weighted by molar-refractivity contribution is 5.88. The molecule has 0 spiro atoms. The van der Waals surface area contributed by atoms with Crippen molar-refractivity contribution in [2.45, 2.75) is 90.1 Å². The zero-order valence-corrected chi connectivity index (χ0v) is 21.6. The number of esters is 2. The van der Waals surface area contributed by atoms with Crippen molar-refractivity contribution in [3.63, 3.8) is 0 Å². The summed E-state index contributed by atoms with van der Waals surface area (Å²) in [6, 6.07) is 0. The van der Waals surface area contributed by atoms with Crippen LogP contribution in [-0.2, 0) is 19.1 Å². The number of hydrogen-bond donors (Lipinski definition) is 1. The molecule has 2 aliphatic rings. The van der Waals surface area contributed by atoms with Crippen molar-refractivity contribution in [1.29, 1.82) is 0 Å². The number of alkyl halides is 3. The van der Waals surface area contributed by atoms with Gasteiger partial charge in [0.2, 0.25) is 0 Å². The van der Waals surface area contributed by atoms with E-state index in [2.05, 4.69) is 13.2 Å². The standard InChI is InChI=1S/C28H43F3O5/c1-19(2)26(33)35-17-25(18-36-27(34)20(3)16-32)24-13-11-23(12-14-24)22-9-7-21(8-10-22)6-4-5-15-28(29,30)31/h21-25,32H,1,3-18H2,2H3. The SMILES string of the molecule is C=C(C)C(=O)OCC(COC(=O)C(=C)CO)C1CCC(C2CCC(CCCCC(F)(F)F)CC2)CC1. The van der Waals surface area contributed by atoms with Crippen LogP contribution in [0.1, 0.15) is 84.0 Å². The fraction of sp³-hybridized carbons (Fsp3) is 0.786. The van der Waals surface area contributed by atoms with E-state index in [4.69, 9.17) is 14.6 Å². The van der Waals surface area contributed by atoms with Crippen molar-refractivity contribution >= 4 is 11.9 Å². The lowest BCUT2D eigenvalue weighted by Crippen LogP contribution is -2.33. The normalized spacial score (nSPS) is 25.6. The van der Waals surface area contributed by atoms with Crippen molar-refractivity contribution in [2.24, 2.45) is 29.6 Å². The number of unbranched alkanes of at least 4 members (excludes halogenated alkanes) is 1. The highest BCUT2D eigenvalue weighted by atomic mass is 19.4. The molecule has 1 N–H and O–H groups in total. The van der Waals surface area contributed by atoms with Gasteiger partial charge in [-0.3, -0.25) is 0 Å². The van der Waals surface area contributed by atoms with Gasteiger partial charge in [-0.15, -0.1) is 0 Å². The molecule has 0 radical (unpaired) electrons. The van der Waals surface area contributed by atoms with Gasteiger partial charge in [-0.25, -0.2) is 9.59 Å². The van der Waals surface area contributed by atoms with Gasteiger partial charge in [-0.05, 0) is 75.5 Å². The first kappa shape index (κ1) is 30.4. The molecule has 2 aliphatic carbocycles. The Hall–Kier alpha value is -1.83. The Morgan fingerprint density at radius 3 is 1.92 bits per heavy atom. The van der Waals surface area contributed by atoms with Gasteiger partial charge >= 0.3 is 18.1 Å². The number of ether oxygens (including phenoxy) is 2. The zero-order chi connectivity index (χ0) is 26.7. The molecule has 0 aromatic carbocycles. The lowest BCUT2D eigenvalue weighted by Gasteiger charge is -2.39. The van der Waals surface area contributed by atoms with Gasteiger partial charge in [0.05, 0.1) is 25.4 Å². The number of aliphatic hydroxyl groups is 1. The number of aliphatic hydroxyl groups excluding tert-OH is 1. The van der Waals surface area contributed by atoms with Gasteiger partial charge in [0, 0.05) is 17.9 Å². The summed E-state index contributed by atoms with van der Waals surface area (Å²) in [6.07, 6.45) is 5.70. The van der Waals surface area contributed by atoms with Crippen molar-refractivity contribution in [1.82, 2.24) is 0 Å². The Bertz CT molecular complexity index is 732. The third kappa shape index (κ3) is 10.7. The first-order chi connectivity index (χ1) is 17.0. The summed E-state index contributed by atoms with van der Waals surface area (Å²) in [5, 5.41) is 9.09. The second-order valence-electron chi connectivity index (χ2n) is 10.8. The van der Waals surface area contributed by atoms with E-state index in [1.165, 1.54) is 0 Å². The van der Waals surface area contributed by atoms with Crippen LogP contribution >= 0.6 is 0 Å². The molecule has 0 aromatic heterocycles. The van der Waals surface area contributed by atoms with Gasteiger partial charge in [0.1, 0.15) is 0 Å². The maximum absolute atomic E-state index is 12.3. The van der Waals surface area contributed by atoms with Crippen LogP contribution in [0.15, 0.2) is 24.3 Å². The highest BCUT2D eigenvalue weighted by Crippen LogP contribution is 2.44. The monoisotopic (exact) mass is 516 g/mol. The highest BCUT2D eigenvalue weighted by Gasteiger charge is 2.34. The molecule has 2 rings (SSSR count). The largest absolute Gasteiger partial charge is 0.462 e. The van der Waals surface area contributed by atoms with E-state index >= 15 is 0 Å². The van der Waals surface area contributed by atoms with Crippen molar-refractivity contribution < 1.29 is 37.3 Å². The van der Waals surface area contributed by atoms with Crippen LogP contribution in [0.4, 0.5) is 13.2 Å². The van der Waals surface area contributed by atoms with E-state index in [0.29, 0.717) is 29.7 Å².